The number of primary amides is 1. The molecule has 0 bridgehead atoms. The highest BCUT2D eigenvalue weighted by atomic mass is 16.1. The van der Waals surface area contributed by atoms with Crippen LogP contribution >= 0.6 is 0 Å². The van der Waals surface area contributed by atoms with E-state index in [1.165, 1.54) is 0 Å². The quantitative estimate of drug-likeness (QED) is 0.912. The van der Waals surface area contributed by atoms with Gasteiger partial charge >= 0.3 is 0 Å². The number of aryl methyl sites for hydroxylation is 1. The molecule has 0 radical (unpaired) electrons. The van der Waals surface area contributed by atoms with Gasteiger partial charge in [0.2, 0.25) is 5.91 Å². The standard InChI is InChI=1S/C15H20N6O/c1-11-6-8-21(19-11)15-5-4-14(17-18-15)20-7-2-3-12(10-20)9-13(16)22/h4-6,8,12H,2-3,7,9-10H2,1H3,(H2,16,22). The van der Waals surface area contributed by atoms with E-state index in [-0.39, 0.29) is 5.91 Å². The number of nitrogens with two attached hydrogens (primary N) is 1. The Labute approximate surface area is 129 Å². The smallest absolute Gasteiger partial charge is 0.217 e. The van der Waals surface area contributed by atoms with Crippen molar-refractivity contribution in [2.75, 3.05) is 18.0 Å². The summed E-state index contributed by atoms with van der Waals surface area (Å²) in [5.74, 6) is 1.60. The zero-order chi connectivity index (χ0) is 15.5. The normalized spacial score (nSPS) is 18.4. The molecular weight excluding hydrogens is 280 g/mol. The lowest BCUT2D eigenvalue weighted by molar-refractivity contribution is -0.118. The topological polar surface area (TPSA) is 89.9 Å². The molecule has 1 amide bonds. The van der Waals surface area contributed by atoms with Crippen molar-refractivity contribution in [2.24, 2.45) is 11.7 Å². The lowest BCUT2D eigenvalue weighted by Gasteiger charge is -2.32. The zero-order valence-corrected chi connectivity index (χ0v) is 12.6. The van der Waals surface area contributed by atoms with Crippen molar-refractivity contribution in [2.45, 2.75) is 26.2 Å². The molecule has 0 spiro atoms. The van der Waals surface area contributed by atoms with E-state index in [1.54, 1.807) is 4.68 Å². The first-order valence-corrected chi connectivity index (χ1v) is 7.51. The fraction of sp³-hybridized carbons (Fsp3) is 0.467. The second-order valence-electron chi connectivity index (χ2n) is 5.78. The SMILES string of the molecule is Cc1ccn(-c2ccc(N3CCCC(CC(N)=O)C3)nn2)n1. The lowest BCUT2D eigenvalue weighted by atomic mass is 9.94. The Morgan fingerprint density at radius 3 is 2.73 bits per heavy atom. The van der Waals surface area contributed by atoms with Gasteiger partial charge in [-0.2, -0.15) is 5.10 Å². The van der Waals surface area contributed by atoms with E-state index < -0.39 is 0 Å². The van der Waals surface area contributed by atoms with E-state index in [0.29, 0.717) is 18.2 Å². The molecule has 3 heterocycles. The van der Waals surface area contributed by atoms with Gasteiger partial charge in [-0.05, 0) is 43.9 Å². The second-order valence-corrected chi connectivity index (χ2v) is 5.78. The monoisotopic (exact) mass is 300 g/mol. The van der Waals surface area contributed by atoms with Crippen molar-refractivity contribution in [3.63, 3.8) is 0 Å². The van der Waals surface area contributed by atoms with Crippen LogP contribution < -0.4 is 10.6 Å². The van der Waals surface area contributed by atoms with Gasteiger partial charge in [-0.3, -0.25) is 4.79 Å². The summed E-state index contributed by atoms with van der Waals surface area (Å²) in [5, 5.41) is 12.9. The number of hydrogen-bond acceptors (Lipinski definition) is 5. The Kier molecular flexibility index (Phi) is 4.04. The first-order valence-electron chi connectivity index (χ1n) is 7.51. The minimum Gasteiger partial charge on any atom is -0.370 e. The summed E-state index contributed by atoms with van der Waals surface area (Å²) in [6.07, 6.45) is 4.38. The Bertz CT molecular complexity index is 650. The number of carbonyl (C=O) groups is 1. The Hall–Kier alpha value is -2.44. The van der Waals surface area contributed by atoms with Crippen LogP contribution in [-0.2, 0) is 4.79 Å². The van der Waals surface area contributed by atoms with E-state index in [4.69, 9.17) is 5.73 Å². The zero-order valence-electron chi connectivity index (χ0n) is 12.6. The van der Waals surface area contributed by atoms with Gasteiger partial charge < -0.3 is 10.6 Å². The molecule has 1 saturated heterocycles. The average molecular weight is 300 g/mol. The third-order valence-corrected chi connectivity index (χ3v) is 3.93. The number of aromatic nitrogens is 4. The predicted molar refractivity (Wildman–Crippen MR) is 82.6 cm³/mol. The van der Waals surface area contributed by atoms with Crippen LogP contribution in [0.1, 0.15) is 25.0 Å². The Morgan fingerprint density at radius 2 is 2.09 bits per heavy atom. The molecule has 22 heavy (non-hydrogen) atoms. The van der Waals surface area contributed by atoms with Crippen LogP contribution in [0.5, 0.6) is 0 Å². The first kappa shape index (κ1) is 14.5. The van der Waals surface area contributed by atoms with Gasteiger partial charge in [0.1, 0.15) is 0 Å². The van der Waals surface area contributed by atoms with Gasteiger partial charge in [-0.1, -0.05) is 0 Å². The minimum atomic E-state index is -0.234. The Morgan fingerprint density at radius 1 is 1.32 bits per heavy atom. The van der Waals surface area contributed by atoms with Crippen LogP contribution in [0.25, 0.3) is 5.82 Å². The summed E-state index contributed by atoms with van der Waals surface area (Å²) in [7, 11) is 0. The van der Waals surface area contributed by atoms with Crippen molar-refractivity contribution in [3.05, 3.63) is 30.1 Å². The van der Waals surface area contributed by atoms with E-state index in [9.17, 15) is 4.79 Å². The molecule has 1 fully saturated rings. The molecule has 0 saturated carbocycles. The molecule has 2 N–H and O–H groups in total. The molecule has 0 aliphatic carbocycles. The number of anilines is 1. The minimum absolute atomic E-state index is 0.234. The molecule has 1 atom stereocenters. The summed E-state index contributed by atoms with van der Waals surface area (Å²) < 4.78 is 1.71. The second kappa shape index (κ2) is 6.13. The molecule has 1 unspecified atom stereocenters. The van der Waals surface area contributed by atoms with Crippen molar-refractivity contribution < 1.29 is 4.79 Å². The molecule has 7 heteroatoms. The molecule has 1 aliphatic heterocycles. The van der Waals surface area contributed by atoms with Crippen molar-refractivity contribution in [3.8, 4) is 5.82 Å². The maximum atomic E-state index is 11.1. The van der Waals surface area contributed by atoms with Crippen LogP contribution in [0.15, 0.2) is 24.4 Å². The van der Waals surface area contributed by atoms with Gasteiger partial charge in [0.05, 0.1) is 5.69 Å². The summed E-state index contributed by atoms with van der Waals surface area (Å²) >= 11 is 0. The number of rotatable bonds is 4. The number of piperidine rings is 1. The van der Waals surface area contributed by atoms with Gasteiger partial charge in [-0.15, -0.1) is 10.2 Å². The maximum Gasteiger partial charge on any atom is 0.217 e. The highest BCUT2D eigenvalue weighted by Crippen LogP contribution is 2.23. The van der Waals surface area contributed by atoms with E-state index >= 15 is 0 Å². The number of carbonyl (C=O) groups excluding carboxylic acids is 1. The van der Waals surface area contributed by atoms with Gasteiger partial charge in [0, 0.05) is 25.7 Å². The molecular formula is C15H20N6O. The summed E-state index contributed by atoms with van der Waals surface area (Å²) in [6, 6.07) is 5.78. The van der Waals surface area contributed by atoms with Gasteiger partial charge in [-0.25, -0.2) is 4.68 Å². The lowest BCUT2D eigenvalue weighted by Crippen LogP contribution is -2.37. The molecule has 7 nitrogen and oxygen atoms in total. The first-order chi connectivity index (χ1) is 10.6. The molecule has 116 valence electrons. The highest BCUT2D eigenvalue weighted by Gasteiger charge is 2.22. The van der Waals surface area contributed by atoms with Gasteiger partial charge in [0.25, 0.3) is 0 Å². The summed E-state index contributed by atoms with van der Waals surface area (Å²) in [6.45, 7) is 3.67. The fourth-order valence-corrected chi connectivity index (χ4v) is 2.88. The van der Waals surface area contributed by atoms with Crippen LogP contribution in [-0.4, -0.2) is 39.0 Å². The molecule has 1 aliphatic rings. The highest BCUT2D eigenvalue weighted by molar-refractivity contribution is 5.74. The van der Waals surface area contributed by atoms with E-state index in [2.05, 4.69) is 20.2 Å². The third-order valence-electron chi connectivity index (χ3n) is 3.93. The van der Waals surface area contributed by atoms with E-state index in [0.717, 1.165) is 37.4 Å². The average Bonchev–Trinajstić information content (AvgIpc) is 2.94. The van der Waals surface area contributed by atoms with Crippen LogP contribution in [0, 0.1) is 12.8 Å². The molecule has 0 aromatic carbocycles. The third kappa shape index (κ3) is 3.24. The molecule has 2 aromatic heterocycles. The Balaban J connectivity index is 1.71. The number of amides is 1. The van der Waals surface area contributed by atoms with Crippen LogP contribution in [0.2, 0.25) is 0 Å². The summed E-state index contributed by atoms with van der Waals surface area (Å²) in [5.41, 5.74) is 6.24. The van der Waals surface area contributed by atoms with E-state index in [1.807, 2.05) is 31.3 Å². The largest absolute Gasteiger partial charge is 0.370 e. The summed E-state index contributed by atoms with van der Waals surface area (Å²) in [4.78, 5) is 13.2. The van der Waals surface area contributed by atoms with Crippen molar-refractivity contribution in [1.29, 1.82) is 0 Å². The van der Waals surface area contributed by atoms with Gasteiger partial charge in [0.15, 0.2) is 11.6 Å². The number of hydrogen-bond donors (Lipinski definition) is 1. The predicted octanol–water partition coefficient (Wildman–Crippen LogP) is 1.06. The fourth-order valence-electron chi connectivity index (χ4n) is 2.88. The van der Waals surface area contributed by atoms with Crippen molar-refractivity contribution >= 4 is 11.7 Å². The molecule has 2 aromatic rings. The van der Waals surface area contributed by atoms with Crippen LogP contribution in [0.4, 0.5) is 5.82 Å². The number of nitrogens with zero attached hydrogens (tertiary/aromatic N) is 5. The van der Waals surface area contributed by atoms with Crippen molar-refractivity contribution in [1.82, 2.24) is 20.0 Å². The molecule has 3 rings (SSSR count). The van der Waals surface area contributed by atoms with Crippen LogP contribution in [0.3, 0.4) is 0 Å². The maximum absolute atomic E-state index is 11.1.